The maximum atomic E-state index is 4.84. The highest BCUT2D eigenvalue weighted by Gasteiger charge is 2.18. The molecule has 1 fully saturated rings. The number of hydrogen-bond donors (Lipinski definition) is 1. The third kappa shape index (κ3) is 4.89. The van der Waals surface area contributed by atoms with E-state index in [-0.39, 0.29) is 0 Å². The third-order valence-electron chi connectivity index (χ3n) is 5.64. The summed E-state index contributed by atoms with van der Waals surface area (Å²) in [4.78, 5) is 18.8. The first kappa shape index (κ1) is 19.7. The predicted molar refractivity (Wildman–Crippen MR) is 119 cm³/mol. The minimum Gasteiger partial charge on any atom is -0.369 e. The first-order valence-corrected chi connectivity index (χ1v) is 10.6. The molecule has 1 aliphatic rings. The number of para-hydroxylation sites is 1. The van der Waals surface area contributed by atoms with Gasteiger partial charge in [-0.1, -0.05) is 26.0 Å². The van der Waals surface area contributed by atoms with Crippen LogP contribution < -0.4 is 5.32 Å². The van der Waals surface area contributed by atoms with E-state index in [1.54, 1.807) is 12.4 Å². The third-order valence-corrected chi connectivity index (χ3v) is 5.64. The smallest absolute Gasteiger partial charge is 0.162 e. The second-order valence-corrected chi connectivity index (χ2v) is 7.87. The summed E-state index contributed by atoms with van der Waals surface area (Å²) in [6.07, 6.45) is 3.56. The van der Waals surface area contributed by atoms with E-state index in [0.29, 0.717) is 5.92 Å². The molecule has 2 aromatic heterocycles. The molecule has 3 aromatic rings. The summed E-state index contributed by atoms with van der Waals surface area (Å²) >= 11 is 0. The highest BCUT2D eigenvalue weighted by atomic mass is 15.3. The zero-order valence-electron chi connectivity index (χ0n) is 17.4. The van der Waals surface area contributed by atoms with E-state index in [1.807, 2.05) is 30.3 Å². The van der Waals surface area contributed by atoms with Gasteiger partial charge < -0.3 is 15.1 Å². The largest absolute Gasteiger partial charge is 0.369 e. The lowest BCUT2D eigenvalue weighted by molar-refractivity contribution is 0.126. The highest BCUT2D eigenvalue weighted by Crippen LogP contribution is 2.24. The fourth-order valence-electron chi connectivity index (χ4n) is 3.91. The summed E-state index contributed by atoms with van der Waals surface area (Å²) in [7, 11) is 0. The molecule has 0 bridgehead atoms. The van der Waals surface area contributed by atoms with Gasteiger partial charge in [0.25, 0.3) is 0 Å². The van der Waals surface area contributed by atoms with Crippen molar-refractivity contribution in [1.29, 1.82) is 0 Å². The number of pyridine rings is 1. The Hall–Kier alpha value is -2.57. The second-order valence-electron chi connectivity index (χ2n) is 7.87. The van der Waals surface area contributed by atoms with Gasteiger partial charge in [-0.15, -0.1) is 0 Å². The summed E-state index contributed by atoms with van der Waals surface area (Å²) in [5, 5.41) is 4.67. The van der Waals surface area contributed by atoms with Gasteiger partial charge in [0.1, 0.15) is 5.82 Å². The Morgan fingerprint density at radius 1 is 0.966 bits per heavy atom. The molecule has 1 aromatic carbocycles. The molecule has 1 unspecified atom stereocenters. The number of piperazine rings is 1. The van der Waals surface area contributed by atoms with Crippen molar-refractivity contribution in [2.45, 2.75) is 13.8 Å². The Morgan fingerprint density at radius 2 is 1.69 bits per heavy atom. The molecule has 1 N–H and O–H groups in total. The van der Waals surface area contributed by atoms with Crippen LogP contribution in [0.2, 0.25) is 0 Å². The molecule has 0 saturated carbocycles. The first-order valence-electron chi connectivity index (χ1n) is 10.6. The van der Waals surface area contributed by atoms with Crippen LogP contribution in [-0.4, -0.2) is 70.6 Å². The van der Waals surface area contributed by atoms with Gasteiger partial charge in [0.05, 0.1) is 5.52 Å². The molecular formula is C23H30N6. The summed E-state index contributed by atoms with van der Waals surface area (Å²) in [5.41, 5.74) is 1.94. The van der Waals surface area contributed by atoms with Gasteiger partial charge in [0.15, 0.2) is 5.82 Å². The second kappa shape index (κ2) is 9.29. The van der Waals surface area contributed by atoms with E-state index in [1.165, 1.54) is 26.2 Å². The molecule has 6 heteroatoms. The topological polar surface area (TPSA) is 57.2 Å². The van der Waals surface area contributed by atoms with Crippen LogP contribution in [0.4, 0.5) is 5.82 Å². The van der Waals surface area contributed by atoms with Crippen molar-refractivity contribution in [2.75, 3.05) is 51.1 Å². The predicted octanol–water partition coefficient (Wildman–Crippen LogP) is 3.38. The van der Waals surface area contributed by atoms with Crippen LogP contribution >= 0.6 is 0 Å². The number of fused-ring (bicyclic) bond motifs is 1. The van der Waals surface area contributed by atoms with Crippen LogP contribution in [0.15, 0.2) is 48.8 Å². The maximum absolute atomic E-state index is 4.84. The molecule has 0 aliphatic carbocycles. The molecule has 4 rings (SSSR count). The molecular weight excluding hydrogens is 360 g/mol. The van der Waals surface area contributed by atoms with Gasteiger partial charge in [-0.2, -0.15) is 0 Å². The number of benzene rings is 1. The van der Waals surface area contributed by atoms with Crippen LogP contribution in [-0.2, 0) is 0 Å². The SMILES string of the molecule is CCN1CCN(CC(C)CNc2nc(-c3ccncc3)nc3ccccc23)CC1. The van der Waals surface area contributed by atoms with Crippen LogP contribution in [0.3, 0.4) is 0 Å². The Morgan fingerprint density at radius 3 is 2.45 bits per heavy atom. The number of hydrogen-bond acceptors (Lipinski definition) is 6. The zero-order chi connectivity index (χ0) is 20.1. The lowest BCUT2D eigenvalue weighted by atomic mass is 10.1. The van der Waals surface area contributed by atoms with E-state index in [9.17, 15) is 0 Å². The van der Waals surface area contributed by atoms with Crippen molar-refractivity contribution >= 4 is 16.7 Å². The Bertz CT molecular complexity index is 921. The highest BCUT2D eigenvalue weighted by molar-refractivity contribution is 5.90. The van der Waals surface area contributed by atoms with E-state index < -0.39 is 0 Å². The van der Waals surface area contributed by atoms with Gasteiger partial charge in [-0.3, -0.25) is 4.98 Å². The van der Waals surface area contributed by atoms with E-state index in [0.717, 1.165) is 47.7 Å². The summed E-state index contributed by atoms with van der Waals surface area (Å²) in [6, 6.07) is 12.1. The first-order chi connectivity index (χ1) is 14.2. The maximum Gasteiger partial charge on any atom is 0.162 e. The van der Waals surface area contributed by atoms with Crippen LogP contribution in [0.5, 0.6) is 0 Å². The Kier molecular flexibility index (Phi) is 6.32. The van der Waals surface area contributed by atoms with Gasteiger partial charge in [-0.25, -0.2) is 9.97 Å². The summed E-state index contributed by atoms with van der Waals surface area (Å²) < 4.78 is 0. The molecule has 152 valence electrons. The van der Waals surface area contributed by atoms with Gasteiger partial charge in [0.2, 0.25) is 0 Å². The normalized spacial score (nSPS) is 16.8. The standard InChI is InChI=1S/C23H30N6/c1-3-28-12-14-29(15-13-28)17-18(2)16-25-23-20-6-4-5-7-21(20)26-22(27-23)19-8-10-24-11-9-19/h4-11,18H,3,12-17H2,1-2H3,(H,25,26,27). The van der Waals surface area contributed by atoms with Crippen molar-refractivity contribution < 1.29 is 0 Å². The molecule has 6 nitrogen and oxygen atoms in total. The average molecular weight is 391 g/mol. The quantitative estimate of drug-likeness (QED) is 0.667. The number of anilines is 1. The van der Waals surface area contributed by atoms with Crippen molar-refractivity contribution in [3.63, 3.8) is 0 Å². The number of nitrogens with zero attached hydrogens (tertiary/aromatic N) is 5. The van der Waals surface area contributed by atoms with Gasteiger partial charge in [0, 0.05) is 62.6 Å². The van der Waals surface area contributed by atoms with Crippen molar-refractivity contribution in [1.82, 2.24) is 24.8 Å². The van der Waals surface area contributed by atoms with E-state index in [4.69, 9.17) is 9.97 Å². The van der Waals surface area contributed by atoms with Crippen molar-refractivity contribution in [3.05, 3.63) is 48.8 Å². The summed E-state index contributed by atoms with van der Waals surface area (Å²) in [6.45, 7) is 12.4. The van der Waals surface area contributed by atoms with Crippen LogP contribution in [0.1, 0.15) is 13.8 Å². The van der Waals surface area contributed by atoms with E-state index >= 15 is 0 Å². The fraction of sp³-hybridized carbons (Fsp3) is 0.435. The van der Waals surface area contributed by atoms with Crippen molar-refractivity contribution in [3.8, 4) is 11.4 Å². The number of rotatable bonds is 7. The monoisotopic (exact) mass is 390 g/mol. The zero-order valence-corrected chi connectivity index (χ0v) is 17.4. The molecule has 29 heavy (non-hydrogen) atoms. The Labute approximate surface area is 173 Å². The number of likely N-dealkylation sites (N-methyl/N-ethyl adjacent to an activating group) is 1. The van der Waals surface area contributed by atoms with Gasteiger partial charge in [-0.05, 0) is 36.7 Å². The molecule has 3 heterocycles. The lowest BCUT2D eigenvalue weighted by Gasteiger charge is -2.35. The molecule has 1 saturated heterocycles. The lowest BCUT2D eigenvalue weighted by Crippen LogP contribution is -2.47. The number of nitrogens with one attached hydrogen (secondary N) is 1. The number of aromatic nitrogens is 3. The minimum absolute atomic E-state index is 0.543. The van der Waals surface area contributed by atoms with Crippen LogP contribution in [0, 0.1) is 5.92 Å². The molecule has 0 amide bonds. The molecule has 0 spiro atoms. The average Bonchev–Trinajstić information content (AvgIpc) is 2.78. The van der Waals surface area contributed by atoms with Gasteiger partial charge >= 0.3 is 0 Å². The molecule has 0 radical (unpaired) electrons. The molecule has 1 aliphatic heterocycles. The van der Waals surface area contributed by atoms with Crippen molar-refractivity contribution in [2.24, 2.45) is 5.92 Å². The van der Waals surface area contributed by atoms with Crippen LogP contribution in [0.25, 0.3) is 22.3 Å². The summed E-state index contributed by atoms with van der Waals surface area (Å²) in [5.74, 6) is 2.18. The van der Waals surface area contributed by atoms with E-state index in [2.05, 4.69) is 40.0 Å². The Balaban J connectivity index is 1.46. The fourth-order valence-corrected chi connectivity index (χ4v) is 3.91. The molecule has 1 atom stereocenters. The minimum atomic E-state index is 0.543.